The number of benzene rings is 1. The fraction of sp³-hybridized carbons (Fsp3) is 0.417. The van der Waals surface area contributed by atoms with Gasteiger partial charge in [-0.2, -0.15) is 0 Å². The summed E-state index contributed by atoms with van der Waals surface area (Å²) in [6.45, 7) is 4.30. The van der Waals surface area contributed by atoms with Gasteiger partial charge in [-0.05, 0) is 40.0 Å². The molecular formula is C12H16BrClN2O. The lowest BCUT2D eigenvalue weighted by molar-refractivity contribution is -0.120. The summed E-state index contributed by atoms with van der Waals surface area (Å²) in [5, 5.41) is 3.46. The van der Waals surface area contributed by atoms with E-state index in [0.29, 0.717) is 17.3 Å². The molecule has 0 aliphatic rings. The van der Waals surface area contributed by atoms with E-state index in [-0.39, 0.29) is 17.7 Å². The number of hydrogen-bond donors (Lipinski definition) is 2. The lowest BCUT2D eigenvalue weighted by Crippen LogP contribution is -2.33. The maximum Gasteiger partial charge on any atom is 0.229 e. The van der Waals surface area contributed by atoms with Crippen LogP contribution in [0.4, 0.5) is 5.69 Å². The molecule has 0 saturated carbocycles. The van der Waals surface area contributed by atoms with E-state index in [4.69, 9.17) is 17.3 Å². The highest BCUT2D eigenvalue weighted by atomic mass is 79.9. The third-order valence-corrected chi connectivity index (χ3v) is 3.48. The zero-order chi connectivity index (χ0) is 13.0. The molecule has 94 valence electrons. The van der Waals surface area contributed by atoms with E-state index in [0.717, 1.165) is 4.47 Å². The Morgan fingerprint density at radius 3 is 2.65 bits per heavy atom. The first kappa shape index (κ1) is 14.5. The number of carbonyl (C=O) groups excluding carboxylic acids is 1. The van der Waals surface area contributed by atoms with Crippen molar-refractivity contribution < 1.29 is 4.79 Å². The number of amides is 1. The van der Waals surface area contributed by atoms with Crippen LogP contribution in [-0.4, -0.2) is 12.5 Å². The monoisotopic (exact) mass is 318 g/mol. The van der Waals surface area contributed by atoms with Crippen molar-refractivity contribution in [2.75, 3.05) is 11.9 Å². The van der Waals surface area contributed by atoms with Crippen LogP contribution < -0.4 is 11.1 Å². The topological polar surface area (TPSA) is 55.1 Å². The first-order chi connectivity index (χ1) is 7.95. The van der Waals surface area contributed by atoms with E-state index in [1.807, 2.05) is 13.8 Å². The molecule has 17 heavy (non-hydrogen) atoms. The van der Waals surface area contributed by atoms with Gasteiger partial charge in [0.1, 0.15) is 0 Å². The molecule has 0 aliphatic carbocycles. The second kappa shape index (κ2) is 6.38. The quantitative estimate of drug-likeness (QED) is 0.895. The van der Waals surface area contributed by atoms with E-state index in [2.05, 4.69) is 21.2 Å². The lowest BCUT2D eigenvalue weighted by Gasteiger charge is -2.18. The van der Waals surface area contributed by atoms with Crippen LogP contribution in [-0.2, 0) is 4.79 Å². The lowest BCUT2D eigenvalue weighted by atomic mass is 9.95. The fourth-order valence-corrected chi connectivity index (χ4v) is 2.28. The van der Waals surface area contributed by atoms with Gasteiger partial charge in [0.15, 0.2) is 0 Å². The summed E-state index contributed by atoms with van der Waals surface area (Å²) in [6, 6.07) is 5.23. The zero-order valence-electron chi connectivity index (χ0n) is 9.84. The fourth-order valence-electron chi connectivity index (χ4n) is 1.50. The van der Waals surface area contributed by atoms with Gasteiger partial charge in [-0.3, -0.25) is 4.79 Å². The van der Waals surface area contributed by atoms with Crippen molar-refractivity contribution >= 4 is 39.1 Å². The molecule has 0 radical (unpaired) electrons. The molecule has 1 aromatic carbocycles. The molecule has 1 atom stereocenters. The third-order valence-electron chi connectivity index (χ3n) is 2.58. The van der Waals surface area contributed by atoms with Gasteiger partial charge in [-0.15, -0.1) is 0 Å². The number of carbonyl (C=O) groups is 1. The number of hydrogen-bond acceptors (Lipinski definition) is 2. The predicted octanol–water partition coefficient (Wildman–Crippen LogP) is 3.27. The maximum atomic E-state index is 12.0. The summed E-state index contributed by atoms with van der Waals surface area (Å²) in [4.78, 5) is 12.0. The Hall–Kier alpha value is -0.580. The Morgan fingerprint density at radius 2 is 2.18 bits per heavy atom. The molecular weight excluding hydrogens is 304 g/mol. The second-order valence-electron chi connectivity index (χ2n) is 4.20. The van der Waals surface area contributed by atoms with Crippen molar-refractivity contribution in [3.63, 3.8) is 0 Å². The maximum absolute atomic E-state index is 12.0. The van der Waals surface area contributed by atoms with Crippen LogP contribution in [0.2, 0.25) is 5.02 Å². The summed E-state index contributed by atoms with van der Waals surface area (Å²) < 4.78 is 0.762. The highest BCUT2D eigenvalue weighted by Crippen LogP contribution is 2.26. The molecule has 0 bridgehead atoms. The largest absolute Gasteiger partial charge is 0.330 e. The molecule has 0 saturated heterocycles. The molecule has 0 aliphatic heterocycles. The van der Waals surface area contributed by atoms with Gasteiger partial charge < -0.3 is 11.1 Å². The average molecular weight is 320 g/mol. The van der Waals surface area contributed by atoms with Gasteiger partial charge in [-0.1, -0.05) is 25.4 Å². The summed E-state index contributed by atoms with van der Waals surface area (Å²) >= 11 is 9.18. The summed E-state index contributed by atoms with van der Waals surface area (Å²) in [7, 11) is 0. The highest BCUT2D eigenvalue weighted by Gasteiger charge is 2.21. The van der Waals surface area contributed by atoms with E-state index < -0.39 is 0 Å². The Morgan fingerprint density at radius 1 is 1.53 bits per heavy atom. The minimum Gasteiger partial charge on any atom is -0.330 e. The van der Waals surface area contributed by atoms with E-state index in [1.54, 1.807) is 18.2 Å². The standard InChI is InChI=1S/C12H16BrClN2O/c1-7(2)9(6-15)12(17)16-11-4-3-8(14)5-10(11)13/h3-5,7,9H,6,15H2,1-2H3,(H,16,17). The molecule has 0 fully saturated rings. The van der Waals surface area contributed by atoms with Crippen molar-refractivity contribution in [3.8, 4) is 0 Å². The number of rotatable bonds is 4. The molecule has 0 aromatic heterocycles. The third kappa shape index (κ3) is 3.98. The minimum absolute atomic E-state index is 0.0643. The van der Waals surface area contributed by atoms with Crippen molar-refractivity contribution in [1.82, 2.24) is 0 Å². The molecule has 5 heteroatoms. The Kier molecular flexibility index (Phi) is 5.43. The Labute approximate surface area is 115 Å². The van der Waals surface area contributed by atoms with Crippen LogP contribution in [0.5, 0.6) is 0 Å². The highest BCUT2D eigenvalue weighted by molar-refractivity contribution is 9.10. The molecule has 0 heterocycles. The second-order valence-corrected chi connectivity index (χ2v) is 5.49. The van der Waals surface area contributed by atoms with Crippen LogP contribution in [0.25, 0.3) is 0 Å². The van der Waals surface area contributed by atoms with Crippen LogP contribution >= 0.6 is 27.5 Å². The SMILES string of the molecule is CC(C)C(CN)C(=O)Nc1ccc(Cl)cc1Br. The first-order valence-electron chi connectivity index (χ1n) is 5.41. The van der Waals surface area contributed by atoms with Gasteiger partial charge in [0, 0.05) is 16.0 Å². The van der Waals surface area contributed by atoms with Crippen molar-refractivity contribution in [3.05, 3.63) is 27.7 Å². The smallest absolute Gasteiger partial charge is 0.229 e. The van der Waals surface area contributed by atoms with Gasteiger partial charge in [0.05, 0.1) is 11.6 Å². The molecule has 3 nitrogen and oxygen atoms in total. The number of halogens is 2. The van der Waals surface area contributed by atoms with Crippen molar-refractivity contribution in [2.24, 2.45) is 17.6 Å². The average Bonchev–Trinajstić information content (AvgIpc) is 2.22. The molecule has 0 spiro atoms. The van der Waals surface area contributed by atoms with E-state index in [1.165, 1.54) is 0 Å². The number of anilines is 1. The molecule has 3 N–H and O–H groups in total. The summed E-state index contributed by atoms with van der Waals surface area (Å²) in [5.41, 5.74) is 6.30. The summed E-state index contributed by atoms with van der Waals surface area (Å²) in [5.74, 6) is -0.0332. The van der Waals surface area contributed by atoms with E-state index >= 15 is 0 Å². The minimum atomic E-state index is -0.183. The number of nitrogens with one attached hydrogen (secondary N) is 1. The first-order valence-corrected chi connectivity index (χ1v) is 6.58. The van der Waals surface area contributed by atoms with Gasteiger partial charge in [-0.25, -0.2) is 0 Å². The van der Waals surface area contributed by atoms with Crippen molar-refractivity contribution in [1.29, 1.82) is 0 Å². The Bertz CT molecular complexity index is 409. The Balaban J connectivity index is 2.80. The summed E-state index contributed by atoms with van der Waals surface area (Å²) in [6.07, 6.45) is 0. The zero-order valence-corrected chi connectivity index (χ0v) is 12.2. The molecule has 1 unspecified atom stereocenters. The van der Waals surface area contributed by atoms with E-state index in [9.17, 15) is 4.79 Å². The van der Waals surface area contributed by atoms with Gasteiger partial charge >= 0.3 is 0 Å². The molecule has 1 rings (SSSR count). The van der Waals surface area contributed by atoms with Gasteiger partial charge in [0.25, 0.3) is 0 Å². The molecule has 1 aromatic rings. The predicted molar refractivity (Wildman–Crippen MR) is 75.2 cm³/mol. The van der Waals surface area contributed by atoms with Crippen LogP contribution in [0.15, 0.2) is 22.7 Å². The van der Waals surface area contributed by atoms with Crippen LogP contribution in [0.1, 0.15) is 13.8 Å². The van der Waals surface area contributed by atoms with Crippen LogP contribution in [0, 0.1) is 11.8 Å². The van der Waals surface area contributed by atoms with Gasteiger partial charge in [0.2, 0.25) is 5.91 Å². The van der Waals surface area contributed by atoms with Crippen molar-refractivity contribution in [2.45, 2.75) is 13.8 Å². The van der Waals surface area contributed by atoms with Crippen LogP contribution in [0.3, 0.4) is 0 Å². The normalized spacial score (nSPS) is 12.6. The number of nitrogens with two attached hydrogens (primary N) is 1. The molecule has 1 amide bonds.